The molecule has 0 aromatic heterocycles. The highest BCUT2D eigenvalue weighted by Gasteiger charge is 2.36. The number of esters is 1. The molecule has 3 aromatic rings. The topological polar surface area (TPSA) is 35.5 Å². The van der Waals surface area contributed by atoms with E-state index in [-0.39, 0.29) is 17.5 Å². The molecule has 4 rings (SSSR count). The van der Waals surface area contributed by atoms with Crippen LogP contribution in [-0.2, 0) is 14.6 Å². The molecule has 0 spiro atoms. The lowest BCUT2D eigenvalue weighted by atomic mass is 9.71. The average molecular weight is 489 g/mol. The van der Waals surface area contributed by atoms with Gasteiger partial charge in [0, 0.05) is 0 Å². The summed E-state index contributed by atoms with van der Waals surface area (Å²) in [5.41, 5.74) is 5.97. The summed E-state index contributed by atoms with van der Waals surface area (Å²) in [7, 11) is -1.72. The van der Waals surface area contributed by atoms with Gasteiger partial charge in [-0.1, -0.05) is 63.9 Å². The van der Waals surface area contributed by atoms with Crippen molar-refractivity contribution in [1.29, 1.82) is 0 Å². The number of carbonyl (C=O) groups excluding carboxylic acids is 1. The van der Waals surface area contributed by atoms with E-state index in [0.717, 1.165) is 23.6 Å². The molecule has 0 saturated heterocycles. The van der Waals surface area contributed by atoms with E-state index in [2.05, 4.69) is 70.3 Å². The number of ether oxygens (including phenoxy) is 1. The second-order valence-corrected chi connectivity index (χ2v) is 15.4. The van der Waals surface area contributed by atoms with E-state index in [1.54, 1.807) is 0 Å². The first-order valence-electron chi connectivity index (χ1n) is 13.2. The first-order valence-corrected chi connectivity index (χ1v) is 16.3. The first-order chi connectivity index (χ1) is 16.6. The van der Waals surface area contributed by atoms with E-state index in [1.807, 2.05) is 25.1 Å². The molecule has 0 unspecified atom stereocenters. The zero-order valence-electron chi connectivity index (χ0n) is 22.2. The van der Waals surface area contributed by atoms with Gasteiger partial charge in [0.1, 0.15) is 0 Å². The lowest BCUT2D eigenvalue weighted by Crippen LogP contribution is -2.36. The molecule has 0 heterocycles. The molecule has 186 valence electrons. The van der Waals surface area contributed by atoms with Crippen molar-refractivity contribution in [2.24, 2.45) is 0 Å². The van der Waals surface area contributed by atoms with Crippen LogP contribution in [0.4, 0.5) is 0 Å². The summed E-state index contributed by atoms with van der Waals surface area (Å²) in [6.45, 7) is 13.9. The summed E-state index contributed by atoms with van der Waals surface area (Å²) < 4.78 is 12.1. The van der Waals surface area contributed by atoms with Crippen molar-refractivity contribution in [3.05, 3.63) is 71.3 Å². The van der Waals surface area contributed by atoms with Crippen LogP contribution in [-0.4, -0.2) is 20.9 Å². The van der Waals surface area contributed by atoms with E-state index >= 15 is 0 Å². The Morgan fingerprint density at radius 1 is 0.971 bits per heavy atom. The third-order valence-electron chi connectivity index (χ3n) is 7.44. The molecule has 1 aliphatic rings. The van der Waals surface area contributed by atoms with E-state index in [1.165, 1.54) is 41.1 Å². The number of hydrogen-bond donors (Lipinski definition) is 0. The maximum Gasteiger partial charge on any atom is 0.338 e. The molecule has 0 saturated carbocycles. The molecule has 3 aromatic carbocycles. The van der Waals surface area contributed by atoms with Crippen LogP contribution in [0.2, 0.25) is 19.1 Å². The summed E-state index contributed by atoms with van der Waals surface area (Å²) in [6, 6.07) is 20.4. The number of benzene rings is 3. The van der Waals surface area contributed by atoms with E-state index < -0.39 is 8.32 Å². The highest BCUT2D eigenvalue weighted by molar-refractivity contribution is 6.71. The van der Waals surface area contributed by atoms with Gasteiger partial charge in [-0.05, 0) is 102 Å². The molecule has 35 heavy (non-hydrogen) atoms. The predicted octanol–water partition coefficient (Wildman–Crippen LogP) is 8.82. The number of rotatable bonds is 8. The largest absolute Gasteiger partial charge is 0.462 e. The minimum Gasteiger partial charge on any atom is -0.462 e. The fourth-order valence-corrected chi connectivity index (χ4v) is 7.68. The third-order valence-corrected chi connectivity index (χ3v) is 9.92. The monoisotopic (exact) mass is 488 g/mol. The normalized spacial score (nSPS) is 17.3. The van der Waals surface area contributed by atoms with Gasteiger partial charge in [-0.15, -0.1) is 0 Å². The summed E-state index contributed by atoms with van der Waals surface area (Å²) in [5, 5.41) is 2.16. The second-order valence-electron chi connectivity index (χ2n) is 11.2. The summed E-state index contributed by atoms with van der Waals surface area (Å²) >= 11 is 0. The highest BCUT2D eigenvalue weighted by atomic mass is 28.4. The molecule has 0 fully saturated rings. The van der Waals surface area contributed by atoms with Gasteiger partial charge in [0.15, 0.2) is 8.32 Å². The van der Waals surface area contributed by atoms with Crippen LogP contribution >= 0.6 is 0 Å². The highest BCUT2D eigenvalue weighted by Crippen LogP contribution is 2.45. The maximum atomic E-state index is 12.1. The Hall–Kier alpha value is -2.43. The summed E-state index contributed by atoms with van der Waals surface area (Å²) in [6.07, 6.45) is 4.89. The van der Waals surface area contributed by atoms with Gasteiger partial charge < -0.3 is 9.16 Å². The van der Waals surface area contributed by atoms with Crippen LogP contribution in [0.25, 0.3) is 21.9 Å². The Kier molecular flexibility index (Phi) is 7.53. The molecule has 0 N–H and O–H groups in total. The fraction of sp³-hybridized carbons (Fsp3) is 0.452. The van der Waals surface area contributed by atoms with E-state index in [9.17, 15) is 4.79 Å². The lowest BCUT2D eigenvalue weighted by Gasteiger charge is -2.40. The Bertz CT molecular complexity index is 1210. The van der Waals surface area contributed by atoms with Crippen LogP contribution < -0.4 is 0 Å². The summed E-state index contributed by atoms with van der Waals surface area (Å²) in [4.78, 5) is 12.1. The van der Waals surface area contributed by atoms with Crippen molar-refractivity contribution in [2.45, 2.75) is 84.0 Å². The maximum absolute atomic E-state index is 12.1. The molecule has 0 amide bonds. The number of carbonyl (C=O) groups is 1. The molecule has 1 atom stereocenters. The average Bonchev–Trinajstić information content (AvgIpc) is 2.84. The first kappa shape index (κ1) is 25.7. The molecular weight excluding hydrogens is 448 g/mol. The summed E-state index contributed by atoms with van der Waals surface area (Å²) in [5.74, 6) is -0.271. The molecular formula is C31H40O3Si. The molecule has 0 aliphatic heterocycles. The van der Waals surface area contributed by atoms with Crippen LogP contribution in [0.5, 0.6) is 0 Å². The van der Waals surface area contributed by atoms with E-state index in [0.29, 0.717) is 12.2 Å². The number of fused-ring (bicyclic) bond motifs is 2. The zero-order valence-corrected chi connectivity index (χ0v) is 23.2. The molecule has 0 radical (unpaired) electrons. The zero-order chi connectivity index (χ0) is 25.2. The van der Waals surface area contributed by atoms with Gasteiger partial charge >= 0.3 is 5.97 Å². The van der Waals surface area contributed by atoms with Gasteiger partial charge in [-0.25, -0.2) is 4.79 Å². The quantitative estimate of drug-likeness (QED) is 0.235. The van der Waals surface area contributed by atoms with Gasteiger partial charge in [-0.3, -0.25) is 0 Å². The third kappa shape index (κ3) is 5.70. The van der Waals surface area contributed by atoms with Gasteiger partial charge in [-0.2, -0.15) is 0 Å². The van der Waals surface area contributed by atoms with Crippen molar-refractivity contribution in [3.8, 4) is 11.1 Å². The Morgan fingerprint density at radius 3 is 2.40 bits per heavy atom. The fourth-order valence-electron chi connectivity index (χ4n) is 5.34. The molecule has 1 aliphatic carbocycles. The molecule has 3 nitrogen and oxygen atoms in total. The van der Waals surface area contributed by atoms with Crippen LogP contribution in [0.1, 0.15) is 81.0 Å². The van der Waals surface area contributed by atoms with Crippen LogP contribution in [0.15, 0.2) is 54.6 Å². The lowest BCUT2D eigenvalue weighted by molar-refractivity contribution is 0.0526. The second kappa shape index (κ2) is 10.3. The van der Waals surface area contributed by atoms with Gasteiger partial charge in [0.05, 0.1) is 18.3 Å². The van der Waals surface area contributed by atoms with Gasteiger partial charge in [0.25, 0.3) is 0 Å². The van der Waals surface area contributed by atoms with Gasteiger partial charge in [0.2, 0.25) is 0 Å². The van der Waals surface area contributed by atoms with Crippen molar-refractivity contribution >= 4 is 25.1 Å². The molecule has 0 bridgehead atoms. The SMILES string of the molecule is CCCC[Si](C)(C)O[C@@H]1CCC(C)(C)c2ccc(-c3ccc4cc(C(=O)OCC)ccc4c3)cc21. The predicted molar refractivity (Wildman–Crippen MR) is 149 cm³/mol. The number of unbranched alkanes of at least 4 members (excludes halogenated alkanes) is 1. The van der Waals surface area contributed by atoms with Crippen molar-refractivity contribution in [3.63, 3.8) is 0 Å². The van der Waals surface area contributed by atoms with Crippen LogP contribution in [0, 0.1) is 0 Å². The minimum absolute atomic E-state index is 0.162. The van der Waals surface area contributed by atoms with Crippen molar-refractivity contribution < 1.29 is 14.0 Å². The standard InChI is InChI=1S/C31H40O3Si/c1-7-9-18-35(5,6)34-29-16-17-31(3,4)28-15-14-25(21-27(28)29)23-10-11-24-20-26(30(32)33-8-2)13-12-22(24)19-23/h10-15,19-21,29H,7-9,16-18H2,1-6H3/t29-/m1/s1. The molecule has 4 heteroatoms. The minimum atomic E-state index is -1.72. The van der Waals surface area contributed by atoms with E-state index in [4.69, 9.17) is 9.16 Å². The van der Waals surface area contributed by atoms with Crippen molar-refractivity contribution in [2.75, 3.05) is 6.61 Å². The Morgan fingerprint density at radius 2 is 1.66 bits per heavy atom. The number of hydrogen-bond acceptors (Lipinski definition) is 3. The Balaban J connectivity index is 1.68. The Labute approximate surface area is 212 Å². The van der Waals surface area contributed by atoms with Crippen LogP contribution in [0.3, 0.4) is 0 Å². The van der Waals surface area contributed by atoms with Crippen molar-refractivity contribution in [1.82, 2.24) is 0 Å². The smallest absolute Gasteiger partial charge is 0.338 e.